The zero-order valence-corrected chi connectivity index (χ0v) is 28.0. The minimum Gasteiger partial charge on any atom is -0.344 e. The van der Waals surface area contributed by atoms with Crippen molar-refractivity contribution in [1.29, 1.82) is 0 Å². The maximum atomic E-state index is 13.3. The van der Waals surface area contributed by atoms with Crippen molar-refractivity contribution in [2.45, 2.75) is 96.6 Å². The van der Waals surface area contributed by atoms with E-state index in [0.29, 0.717) is 18.9 Å². The van der Waals surface area contributed by atoms with Gasteiger partial charge in [0.25, 0.3) is 0 Å². The first-order valence-electron chi connectivity index (χ1n) is 16.0. The maximum absolute atomic E-state index is 13.3. The lowest BCUT2D eigenvalue weighted by atomic mass is 9.82. The second kappa shape index (κ2) is 13.8. The highest BCUT2D eigenvalue weighted by molar-refractivity contribution is 8.00. The Labute approximate surface area is 265 Å². The number of anilines is 2. The molecule has 2 N–H and O–H groups in total. The first-order valence-corrected chi connectivity index (χ1v) is 18.4. The quantitative estimate of drug-likeness (QED) is 0.209. The fourth-order valence-electron chi connectivity index (χ4n) is 7.30. The topological polar surface area (TPSA) is 33.9 Å². The number of fused-ring (bicyclic) bond motifs is 2. The van der Waals surface area contributed by atoms with Gasteiger partial charge in [0.05, 0.1) is 11.0 Å². The maximum Gasteiger partial charge on any atom is 0.248 e. The van der Waals surface area contributed by atoms with Crippen molar-refractivity contribution >= 4 is 57.1 Å². The molecule has 3 aliphatic rings. The normalized spacial score (nSPS) is 22.4. The van der Waals surface area contributed by atoms with Gasteiger partial charge in [-0.05, 0) is 103 Å². The minimum absolute atomic E-state index is 0.0000918. The SMILES string of the molecule is CC.CSNc1ccc2ccn(C3CCC(F)(F)CC3)c2c1.CSNc1ccc2ccn(C3CCC4(CC3)CC4C)c2c1. The molecule has 4 nitrogen and oxygen atoms in total. The molecule has 2 aromatic carbocycles. The lowest BCUT2D eigenvalue weighted by molar-refractivity contribution is -0.0435. The molecule has 0 aliphatic heterocycles. The van der Waals surface area contributed by atoms with Crippen molar-refractivity contribution in [1.82, 2.24) is 9.13 Å². The van der Waals surface area contributed by atoms with Crippen molar-refractivity contribution < 1.29 is 8.78 Å². The standard InChI is InChI=1S/C18H24N2S.C15H18F2N2S.C2H6/c1-13-12-18(13)8-5-16(6-9-18)20-10-7-14-3-4-15(19-21-2)11-17(14)20;1-20-18-12-3-2-11-6-9-19(14(11)10-12)13-4-7-15(16,17)8-5-13;1-2/h3-4,7,10-11,13,16,19H,5-6,8-9,12H2,1-2H3;2-3,6,9-10,13,18H,4-5,7-8H2,1H3;1-2H3. The zero-order chi connectivity index (χ0) is 30.6. The van der Waals surface area contributed by atoms with Crippen LogP contribution in [-0.2, 0) is 0 Å². The summed E-state index contributed by atoms with van der Waals surface area (Å²) in [6, 6.07) is 18.1. The molecular weight excluding hydrogens is 579 g/mol. The Morgan fingerprint density at radius 3 is 1.51 bits per heavy atom. The van der Waals surface area contributed by atoms with Crippen molar-refractivity contribution in [2.75, 3.05) is 22.0 Å². The van der Waals surface area contributed by atoms with E-state index < -0.39 is 5.92 Å². The van der Waals surface area contributed by atoms with E-state index in [0.717, 1.165) is 27.9 Å². The first kappa shape index (κ1) is 32.1. The Morgan fingerprint density at radius 2 is 1.12 bits per heavy atom. The molecule has 3 saturated carbocycles. The molecule has 0 radical (unpaired) electrons. The average Bonchev–Trinajstić information content (AvgIpc) is 3.31. The second-order valence-corrected chi connectivity index (χ2v) is 13.6. The van der Waals surface area contributed by atoms with Gasteiger partial charge in [-0.15, -0.1) is 0 Å². The molecule has 7 rings (SSSR count). The van der Waals surface area contributed by atoms with Gasteiger partial charge in [-0.2, -0.15) is 0 Å². The summed E-state index contributed by atoms with van der Waals surface area (Å²) < 4.78 is 37.8. The largest absolute Gasteiger partial charge is 0.344 e. The van der Waals surface area contributed by atoms with Crippen LogP contribution in [0.2, 0.25) is 0 Å². The molecule has 1 atom stereocenters. The van der Waals surface area contributed by atoms with Gasteiger partial charge in [-0.1, -0.05) is 56.8 Å². The number of rotatable bonds is 6. The lowest BCUT2D eigenvalue weighted by Crippen LogP contribution is -2.26. The third-order valence-electron chi connectivity index (χ3n) is 9.91. The molecule has 3 aliphatic carbocycles. The number of alkyl halides is 2. The lowest BCUT2D eigenvalue weighted by Gasteiger charge is -2.31. The Bertz CT molecular complexity index is 1480. The summed E-state index contributed by atoms with van der Waals surface area (Å²) >= 11 is 3.20. The summed E-state index contributed by atoms with van der Waals surface area (Å²) in [6.45, 7) is 6.44. The summed E-state index contributed by atoms with van der Waals surface area (Å²) in [6.07, 6.45) is 16.5. The number of nitrogens with zero attached hydrogens (tertiary/aromatic N) is 2. The van der Waals surface area contributed by atoms with Crippen LogP contribution in [0.4, 0.5) is 20.2 Å². The van der Waals surface area contributed by atoms with Crippen molar-refractivity contribution in [3.05, 3.63) is 60.9 Å². The fourth-order valence-corrected chi connectivity index (χ4v) is 8.03. The Morgan fingerprint density at radius 1 is 0.698 bits per heavy atom. The molecule has 0 saturated heterocycles. The highest BCUT2D eigenvalue weighted by Crippen LogP contribution is 2.62. The van der Waals surface area contributed by atoms with E-state index in [1.807, 2.05) is 32.4 Å². The Kier molecular flexibility index (Phi) is 10.3. The van der Waals surface area contributed by atoms with Gasteiger partial charge in [0, 0.05) is 61.2 Å². The molecule has 4 aromatic rings. The molecule has 8 heteroatoms. The van der Waals surface area contributed by atoms with E-state index in [1.165, 1.54) is 48.7 Å². The van der Waals surface area contributed by atoms with E-state index in [4.69, 9.17) is 0 Å². The van der Waals surface area contributed by atoms with Crippen molar-refractivity contribution in [2.24, 2.45) is 11.3 Å². The first-order chi connectivity index (χ1) is 20.8. The molecule has 0 amide bonds. The van der Waals surface area contributed by atoms with E-state index in [9.17, 15) is 8.78 Å². The molecule has 234 valence electrons. The van der Waals surface area contributed by atoms with Crippen LogP contribution in [0, 0.1) is 11.3 Å². The van der Waals surface area contributed by atoms with E-state index in [2.05, 4.69) is 80.4 Å². The predicted molar refractivity (Wildman–Crippen MR) is 186 cm³/mol. The number of nitrogens with one attached hydrogen (secondary N) is 2. The Hall–Kier alpha value is -2.32. The number of hydrogen-bond acceptors (Lipinski definition) is 4. The summed E-state index contributed by atoms with van der Waals surface area (Å²) in [5.41, 5.74) is 5.51. The van der Waals surface area contributed by atoms with Gasteiger partial charge in [0.1, 0.15) is 0 Å². The van der Waals surface area contributed by atoms with Crippen molar-refractivity contribution in [3.63, 3.8) is 0 Å². The average molecular weight is 627 g/mol. The second-order valence-electron chi connectivity index (χ2n) is 12.4. The smallest absolute Gasteiger partial charge is 0.248 e. The monoisotopic (exact) mass is 626 g/mol. The van der Waals surface area contributed by atoms with Gasteiger partial charge in [-0.3, -0.25) is 0 Å². The molecular formula is C35H48F2N4S2. The van der Waals surface area contributed by atoms with Gasteiger partial charge >= 0.3 is 0 Å². The molecule has 43 heavy (non-hydrogen) atoms. The summed E-state index contributed by atoms with van der Waals surface area (Å²) in [7, 11) is 0. The van der Waals surface area contributed by atoms with E-state index >= 15 is 0 Å². The number of aromatic nitrogens is 2. The molecule has 2 aromatic heterocycles. The zero-order valence-electron chi connectivity index (χ0n) is 26.3. The third-order valence-corrected chi connectivity index (χ3v) is 10.8. The summed E-state index contributed by atoms with van der Waals surface area (Å²) in [5, 5.41) is 2.52. The van der Waals surface area contributed by atoms with Gasteiger partial charge in [0.2, 0.25) is 5.92 Å². The van der Waals surface area contributed by atoms with Gasteiger partial charge < -0.3 is 18.6 Å². The highest BCUT2D eigenvalue weighted by Gasteiger charge is 2.52. The number of halogens is 2. The van der Waals surface area contributed by atoms with Crippen LogP contribution < -0.4 is 9.44 Å². The van der Waals surface area contributed by atoms with Crippen LogP contribution in [0.15, 0.2) is 60.9 Å². The van der Waals surface area contributed by atoms with Crippen molar-refractivity contribution in [3.8, 4) is 0 Å². The van der Waals surface area contributed by atoms with Crippen LogP contribution >= 0.6 is 23.9 Å². The summed E-state index contributed by atoms with van der Waals surface area (Å²) in [5.74, 6) is -1.48. The van der Waals surface area contributed by atoms with Crippen LogP contribution in [0.25, 0.3) is 21.8 Å². The molecule has 2 heterocycles. The Balaban J connectivity index is 0.000000162. The summed E-state index contributed by atoms with van der Waals surface area (Å²) in [4.78, 5) is 0. The fraction of sp³-hybridized carbons (Fsp3) is 0.543. The van der Waals surface area contributed by atoms with Crippen LogP contribution in [0.5, 0.6) is 0 Å². The molecule has 0 bridgehead atoms. The predicted octanol–water partition coefficient (Wildman–Crippen LogP) is 11.6. The van der Waals surface area contributed by atoms with E-state index in [-0.39, 0.29) is 18.9 Å². The number of benzene rings is 2. The van der Waals surface area contributed by atoms with E-state index in [1.54, 1.807) is 23.9 Å². The van der Waals surface area contributed by atoms with Crippen LogP contribution in [0.3, 0.4) is 0 Å². The molecule has 1 spiro atoms. The van der Waals surface area contributed by atoms with Gasteiger partial charge in [0.15, 0.2) is 0 Å². The minimum atomic E-state index is -2.47. The van der Waals surface area contributed by atoms with Crippen LogP contribution in [-0.4, -0.2) is 27.6 Å². The number of hydrogen-bond donors (Lipinski definition) is 2. The third kappa shape index (κ3) is 7.16. The van der Waals surface area contributed by atoms with Gasteiger partial charge in [-0.25, -0.2) is 8.78 Å². The molecule has 3 fully saturated rings. The van der Waals surface area contributed by atoms with Crippen LogP contribution in [0.1, 0.15) is 90.6 Å². The highest BCUT2D eigenvalue weighted by atomic mass is 32.2. The molecule has 1 unspecified atom stereocenters.